The Hall–Kier alpha value is -3.40. The molecule has 0 unspecified atom stereocenters. The molecule has 0 spiro atoms. The molecular weight excluding hydrogens is 351 g/mol. The predicted octanol–water partition coefficient (Wildman–Crippen LogP) is 4.84. The predicted molar refractivity (Wildman–Crippen MR) is 110 cm³/mol. The molecule has 0 fully saturated rings. The van der Waals surface area contributed by atoms with E-state index in [1.807, 2.05) is 48.7 Å². The SMILES string of the molecule is NC(=O)C[C@H](c1ccccc1F)c1cn(Cc2ccccc2)c2ccccc12. The number of nitrogens with two attached hydrogens (primary N) is 1. The topological polar surface area (TPSA) is 48.0 Å². The lowest BCUT2D eigenvalue weighted by molar-refractivity contribution is -0.118. The summed E-state index contributed by atoms with van der Waals surface area (Å²) in [6.45, 7) is 0.696. The molecule has 3 nitrogen and oxygen atoms in total. The summed E-state index contributed by atoms with van der Waals surface area (Å²) in [5.41, 5.74) is 9.15. The summed E-state index contributed by atoms with van der Waals surface area (Å²) in [6, 6.07) is 24.8. The largest absolute Gasteiger partial charge is 0.370 e. The van der Waals surface area contributed by atoms with Gasteiger partial charge in [0.2, 0.25) is 5.91 Å². The number of carbonyl (C=O) groups is 1. The van der Waals surface area contributed by atoms with Crippen LogP contribution in [-0.4, -0.2) is 10.5 Å². The first-order valence-electron chi connectivity index (χ1n) is 9.28. The highest BCUT2D eigenvalue weighted by Gasteiger charge is 2.24. The standard InChI is InChI=1S/C24H21FN2O/c25-22-12-6-4-10-18(22)20(14-24(26)28)21-16-27(15-17-8-2-1-3-9-17)23-13-7-5-11-19(21)23/h1-13,16,20H,14-15H2,(H2,26,28)/t20-/m1/s1. The van der Waals surface area contributed by atoms with Crippen molar-refractivity contribution in [2.75, 3.05) is 0 Å². The monoisotopic (exact) mass is 372 g/mol. The molecule has 0 aliphatic carbocycles. The van der Waals surface area contributed by atoms with Gasteiger partial charge in [-0.25, -0.2) is 4.39 Å². The van der Waals surface area contributed by atoms with Crippen molar-refractivity contribution >= 4 is 16.8 Å². The highest BCUT2D eigenvalue weighted by atomic mass is 19.1. The number of primary amides is 1. The zero-order chi connectivity index (χ0) is 19.5. The lowest BCUT2D eigenvalue weighted by Gasteiger charge is -2.16. The summed E-state index contributed by atoms with van der Waals surface area (Å²) in [4.78, 5) is 11.8. The van der Waals surface area contributed by atoms with Crippen LogP contribution >= 0.6 is 0 Å². The molecule has 0 saturated carbocycles. The highest BCUT2D eigenvalue weighted by molar-refractivity contribution is 5.86. The minimum atomic E-state index is -0.451. The molecule has 0 bridgehead atoms. The van der Waals surface area contributed by atoms with Crippen LogP contribution in [0.15, 0.2) is 85.1 Å². The molecule has 4 rings (SSSR count). The molecule has 0 saturated heterocycles. The van der Waals surface area contributed by atoms with Gasteiger partial charge >= 0.3 is 0 Å². The smallest absolute Gasteiger partial charge is 0.218 e. The van der Waals surface area contributed by atoms with Crippen LogP contribution in [0.25, 0.3) is 10.9 Å². The molecular formula is C24H21FN2O. The van der Waals surface area contributed by atoms with Gasteiger partial charge in [0, 0.05) is 36.0 Å². The third-order valence-electron chi connectivity index (χ3n) is 5.08. The second-order valence-electron chi connectivity index (χ2n) is 6.96. The second kappa shape index (κ2) is 7.69. The fourth-order valence-corrected chi connectivity index (χ4v) is 3.81. The summed E-state index contributed by atoms with van der Waals surface area (Å²) < 4.78 is 16.7. The van der Waals surface area contributed by atoms with Crippen molar-refractivity contribution in [3.63, 3.8) is 0 Å². The van der Waals surface area contributed by atoms with Gasteiger partial charge in [-0.2, -0.15) is 0 Å². The van der Waals surface area contributed by atoms with Crippen LogP contribution in [0.3, 0.4) is 0 Å². The average molecular weight is 372 g/mol. The summed E-state index contributed by atoms with van der Waals surface area (Å²) in [7, 11) is 0. The zero-order valence-electron chi connectivity index (χ0n) is 15.4. The number of fused-ring (bicyclic) bond motifs is 1. The van der Waals surface area contributed by atoms with Crippen LogP contribution in [0, 0.1) is 5.82 Å². The number of benzene rings is 3. The minimum absolute atomic E-state index is 0.0558. The molecule has 1 heterocycles. The van der Waals surface area contributed by atoms with Gasteiger partial charge in [0.05, 0.1) is 0 Å². The Bertz CT molecular complexity index is 1120. The van der Waals surface area contributed by atoms with Crippen LogP contribution in [0.4, 0.5) is 4.39 Å². The molecule has 140 valence electrons. The first-order valence-corrected chi connectivity index (χ1v) is 9.28. The highest BCUT2D eigenvalue weighted by Crippen LogP contribution is 2.36. The van der Waals surface area contributed by atoms with Crippen LogP contribution in [0.5, 0.6) is 0 Å². The Morgan fingerprint density at radius 1 is 0.893 bits per heavy atom. The third-order valence-corrected chi connectivity index (χ3v) is 5.08. The number of carbonyl (C=O) groups excluding carboxylic acids is 1. The van der Waals surface area contributed by atoms with E-state index < -0.39 is 11.8 Å². The van der Waals surface area contributed by atoms with E-state index in [-0.39, 0.29) is 12.2 Å². The van der Waals surface area contributed by atoms with Gasteiger partial charge in [0.1, 0.15) is 5.82 Å². The van der Waals surface area contributed by atoms with E-state index in [4.69, 9.17) is 5.73 Å². The lowest BCUT2D eigenvalue weighted by atomic mass is 9.87. The van der Waals surface area contributed by atoms with E-state index in [9.17, 15) is 9.18 Å². The number of amides is 1. The Morgan fingerprint density at radius 2 is 1.57 bits per heavy atom. The van der Waals surface area contributed by atoms with Crippen molar-refractivity contribution in [1.82, 2.24) is 4.57 Å². The maximum Gasteiger partial charge on any atom is 0.218 e. The maximum absolute atomic E-state index is 14.6. The molecule has 0 radical (unpaired) electrons. The molecule has 1 aromatic heterocycles. The van der Waals surface area contributed by atoms with Crippen LogP contribution in [0.1, 0.15) is 29.0 Å². The summed E-state index contributed by atoms with van der Waals surface area (Å²) in [5, 5.41) is 1.01. The van der Waals surface area contributed by atoms with Crippen molar-refractivity contribution in [3.05, 3.63) is 108 Å². The zero-order valence-corrected chi connectivity index (χ0v) is 15.4. The van der Waals surface area contributed by atoms with E-state index >= 15 is 0 Å². The number of para-hydroxylation sites is 1. The summed E-state index contributed by atoms with van der Waals surface area (Å²) in [6.07, 6.45) is 2.08. The number of hydrogen-bond acceptors (Lipinski definition) is 1. The third kappa shape index (κ3) is 3.54. The number of rotatable bonds is 6. The van der Waals surface area contributed by atoms with Gasteiger partial charge in [-0.05, 0) is 28.8 Å². The molecule has 1 atom stereocenters. The van der Waals surface area contributed by atoms with Gasteiger partial charge in [-0.3, -0.25) is 4.79 Å². The molecule has 2 N–H and O–H groups in total. The molecule has 4 aromatic rings. The number of nitrogens with zero attached hydrogens (tertiary/aromatic N) is 1. The number of aromatic nitrogens is 1. The number of hydrogen-bond donors (Lipinski definition) is 1. The van der Waals surface area contributed by atoms with Gasteiger partial charge < -0.3 is 10.3 Å². The lowest BCUT2D eigenvalue weighted by Crippen LogP contribution is -2.17. The molecule has 3 aromatic carbocycles. The first-order chi connectivity index (χ1) is 13.6. The summed E-state index contributed by atoms with van der Waals surface area (Å²) in [5.74, 6) is -1.21. The van der Waals surface area contributed by atoms with Gasteiger partial charge in [0.25, 0.3) is 0 Å². The van der Waals surface area contributed by atoms with Crippen molar-refractivity contribution < 1.29 is 9.18 Å². The number of halogens is 1. The van der Waals surface area contributed by atoms with Gasteiger partial charge in [-0.1, -0.05) is 66.7 Å². The molecule has 4 heteroatoms. The summed E-state index contributed by atoms with van der Waals surface area (Å²) >= 11 is 0. The second-order valence-corrected chi connectivity index (χ2v) is 6.96. The van der Waals surface area contributed by atoms with E-state index in [0.29, 0.717) is 12.1 Å². The Balaban J connectivity index is 1.86. The fourth-order valence-electron chi connectivity index (χ4n) is 3.81. The van der Waals surface area contributed by atoms with E-state index in [0.717, 1.165) is 16.5 Å². The maximum atomic E-state index is 14.6. The van der Waals surface area contributed by atoms with Crippen LogP contribution in [-0.2, 0) is 11.3 Å². The van der Waals surface area contributed by atoms with E-state index in [1.165, 1.54) is 11.6 Å². The van der Waals surface area contributed by atoms with Crippen molar-refractivity contribution in [2.24, 2.45) is 5.73 Å². The molecule has 0 aliphatic heterocycles. The quantitative estimate of drug-likeness (QED) is 0.517. The average Bonchev–Trinajstić information content (AvgIpc) is 3.06. The molecule has 0 aliphatic rings. The molecule has 1 amide bonds. The van der Waals surface area contributed by atoms with Crippen LogP contribution in [0.2, 0.25) is 0 Å². The van der Waals surface area contributed by atoms with E-state index in [1.54, 1.807) is 18.2 Å². The first kappa shape index (κ1) is 18.0. The minimum Gasteiger partial charge on any atom is -0.370 e. The van der Waals surface area contributed by atoms with E-state index in [2.05, 4.69) is 16.7 Å². The Labute approximate surface area is 163 Å². The van der Waals surface area contributed by atoms with Crippen LogP contribution < -0.4 is 5.73 Å². The van der Waals surface area contributed by atoms with Gasteiger partial charge in [-0.15, -0.1) is 0 Å². The fraction of sp³-hybridized carbons (Fsp3) is 0.125. The molecule has 28 heavy (non-hydrogen) atoms. The van der Waals surface area contributed by atoms with Crippen molar-refractivity contribution in [3.8, 4) is 0 Å². The Kier molecular flexibility index (Phi) is 4.94. The van der Waals surface area contributed by atoms with Crippen molar-refractivity contribution in [1.29, 1.82) is 0 Å². The normalized spacial score (nSPS) is 12.2. The van der Waals surface area contributed by atoms with Crippen molar-refractivity contribution in [2.45, 2.75) is 18.9 Å². The van der Waals surface area contributed by atoms with Gasteiger partial charge in [0.15, 0.2) is 0 Å². The Morgan fingerprint density at radius 3 is 2.32 bits per heavy atom.